The fraction of sp³-hybridized carbons (Fsp3) is 0.533. The molecule has 1 N–H and O–H groups in total. The molecule has 0 saturated heterocycles. The molecule has 1 heterocycles. The van der Waals surface area contributed by atoms with Crippen LogP contribution in [0.2, 0.25) is 0 Å². The maximum absolute atomic E-state index is 11.4. The molecule has 3 nitrogen and oxygen atoms in total. The van der Waals surface area contributed by atoms with E-state index in [1.807, 2.05) is 12.1 Å². The van der Waals surface area contributed by atoms with Gasteiger partial charge >= 0.3 is 5.97 Å². The lowest BCUT2D eigenvalue weighted by atomic mass is 9.65. The maximum atomic E-state index is 11.4. The van der Waals surface area contributed by atoms with Crippen molar-refractivity contribution in [2.75, 3.05) is 0 Å². The van der Waals surface area contributed by atoms with Crippen molar-refractivity contribution in [1.82, 2.24) is 0 Å². The fourth-order valence-electron chi connectivity index (χ4n) is 3.11. The van der Waals surface area contributed by atoms with Crippen LogP contribution in [0.1, 0.15) is 36.8 Å². The molecule has 1 aliphatic carbocycles. The molecular formula is C15H18O3. The third-order valence-corrected chi connectivity index (χ3v) is 4.34. The second-order valence-corrected chi connectivity index (χ2v) is 5.70. The molecule has 1 atom stereocenters. The SMILES string of the molecule is Cc1ccc2c(c1)CC(CC1(C(=O)O)CCC1)O2. The lowest BCUT2D eigenvalue weighted by Gasteiger charge is -2.39. The van der Waals surface area contributed by atoms with E-state index in [1.54, 1.807) is 0 Å². The summed E-state index contributed by atoms with van der Waals surface area (Å²) >= 11 is 0. The van der Waals surface area contributed by atoms with Crippen LogP contribution in [0.25, 0.3) is 0 Å². The normalized spacial score (nSPS) is 23.9. The number of aliphatic carboxylic acids is 1. The van der Waals surface area contributed by atoms with E-state index in [4.69, 9.17) is 4.74 Å². The smallest absolute Gasteiger partial charge is 0.309 e. The number of hydrogen-bond donors (Lipinski definition) is 1. The second-order valence-electron chi connectivity index (χ2n) is 5.70. The first-order valence-corrected chi connectivity index (χ1v) is 6.59. The van der Waals surface area contributed by atoms with Crippen molar-refractivity contribution in [1.29, 1.82) is 0 Å². The molecule has 1 aromatic rings. The van der Waals surface area contributed by atoms with Crippen LogP contribution in [-0.4, -0.2) is 17.2 Å². The van der Waals surface area contributed by atoms with E-state index in [0.717, 1.165) is 31.4 Å². The summed E-state index contributed by atoms with van der Waals surface area (Å²) in [5.74, 6) is 0.287. The molecule has 0 spiro atoms. The summed E-state index contributed by atoms with van der Waals surface area (Å²) in [5.41, 5.74) is 1.94. The van der Waals surface area contributed by atoms with Crippen molar-refractivity contribution in [2.24, 2.45) is 5.41 Å². The number of hydrogen-bond acceptors (Lipinski definition) is 2. The van der Waals surface area contributed by atoms with Gasteiger partial charge in [-0.2, -0.15) is 0 Å². The van der Waals surface area contributed by atoms with E-state index >= 15 is 0 Å². The Balaban J connectivity index is 1.73. The summed E-state index contributed by atoms with van der Waals surface area (Å²) in [6.45, 7) is 2.07. The topological polar surface area (TPSA) is 46.5 Å². The van der Waals surface area contributed by atoms with Crippen molar-refractivity contribution >= 4 is 5.97 Å². The van der Waals surface area contributed by atoms with Crippen LogP contribution < -0.4 is 4.74 Å². The summed E-state index contributed by atoms with van der Waals surface area (Å²) in [5, 5.41) is 9.35. The Kier molecular flexibility index (Phi) is 2.58. The van der Waals surface area contributed by atoms with Crippen LogP contribution in [0, 0.1) is 12.3 Å². The van der Waals surface area contributed by atoms with Gasteiger partial charge in [0.05, 0.1) is 5.41 Å². The molecule has 96 valence electrons. The summed E-state index contributed by atoms with van der Waals surface area (Å²) < 4.78 is 5.88. The summed E-state index contributed by atoms with van der Waals surface area (Å²) in [7, 11) is 0. The molecule has 1 aliphatic heterocycles. The molecule has 18 heavy (non-hydrogen) atoms. The standard InChI is InChI=1S/C15H18O3/c1-10-3-4-13-11(7-10)8-12(18-13)9-15(14(16)17)5-2-6-15/h3-4,7,12H,2,5-6,8-9H2,1H3,(H,16,17). The first kappa shape index (κ1) is 11.6. The molecule has 2 aliphatic rings. The van der Waals surface area contributed by atoms with Gasteiger partial charge in [-0.25, -0.2) is 0 Å². The molecule has 1 saturated carbocycles. The van der Waals surface area contributed by atoms with Crippen LogP contribution in [0.5, 0.6) is 5.75 Å². The van der Waals surface area contributed by atoms with Crippen molar-refractivity contribution in [2.45, 2.75) is 45.1 Å². The summed E-state index contributed by atoms with van der Waals surface area (Å²) in [4.78, 5) is 11.4. The lowest BCUT2D eigenvalue weighted by Crippen LogP contribution is -2.41. The van der Waals surface area contributed by atoms with E-state index in [2.05, 4.69) is 13.0 Å². The summed E-state index contributed by atoms with van der Waals surface area (Å²) in [6, 6.07) is 6.18. The molecular weight excluding hydrogens is 228 g/mol. The van der Waals surface area contributed by atoms with E-state index < -0.39 is 11.4 Å². The molecule has 3 heteroatoms. The van der Waals surface area contributed by atoms with Gasteiger partial charge in [-0.3, -0.25) is 4.79 Å². The van der Waals surface area contributed by atoms with Crippen molar-refractivity contribution in [3.05, 3.63) is 29.3 Å². The zero-order chi connectivity index (χ0) is 12.8. The van der Waals surface area contributed by atoms with Gasteiger partial charge in [0.15, 0.2) is 0 Å². The Labute approximate surface area is 107 Å². The molecule has 3 rings (SSSR count). The van der Waals surface area contributed by atoms with Gasteiger partial charge in [-0.05, 0) is 31.4 Å². The van der Waals surface area contributed by atoms with Crippen LogP contribution in [0.4, 0.5) is 0 Å². The number of rotatable bonds is 3. The Bertz CT molecular complexity index is 489. The fourth-order valence-corrected chi connectivity index (χ4v) is 3.11. The predicted molar refractivity (Wildman–Crippen MR) is 67.8 cm³/mol. The first-order valence-electron chi connectivity index (χ1n) is 6.59. The minimum Gasteiger partial charge on any atom is -0.490 e. The number of fused-ring (bicyclic) bond motifs is 1. The molecule has 0 bridgehead atoms. The molecule has 0 radical (unpaired) electrons. The minimum atomic E-state index is -0.649. The number of carboxylic acid groups (broad SMARTS) is 1. The molecule has 0 amide bonds. The van der Waals surface area contributed by atoms with Gasteiger partial charge in [-0.1, -0.05) is 24.1 Å². The highest BCUT2D eigenvalue weighted by Crippen LogP contribution is 2.47. The highest BCUT2D eigenvalue weighted by Gasteiger charge is 2.47. The molecule has 1 unspecified atom stereocenters. The van der Waals surface area contributed by atoms with Gasteiger partial charge < -0.3 is 9.84 Å². The average Bonchev–Trinajstić information content (AvgIpc) is 2.64. The first-order chi connectivity index (χ1) is 8.59. The van der Waals surface area contributed by atoms with Crippen LogP contribution in [0.15, 0.2) is 18.2 Å². The largest absolute Gasteiger partial charge is 0.490 e. The highest BCUT2D eigenvalue weighted by atomic mass is 16.5. The van der Waals surface area contributed by atoms with Gasteiger partial charge in [0.2, 0.25) is 0 Å². The van der Waals surface area contributed by atoms with Crippen LogP contribution in [-0.2, 0) is 11.2 Å². The van der Waals surface area contributed by atoms with Crippen molar-refractivity contribution < 1.29 is 14.6 Å². The lowest BCUT2D eigenvalue weighted by molar-refractivity contribution is -0.156. The zero-order valence-corrected chi connectivity index (χ0v) is 10.6. The number of aryl methyl sites for hydroxylation is 1. The minimum absolute atomic E-state index is 0.0400. The maximum Gasteiger partial charge on any atom is 0.309 e. The van der Waals surface area contributed by atoms with Gasteiger partial charge in [0.25, 0.3) is 0 Å². The third-order valence-electron chi connectivity index (χ3n) is 4.34. The second kappa shape index (κ2) is 4.01. The van der Waals surface area contributed by atoms with Gasteiger partial charge in [0, 0.05) is 12.8 Å². The Morgan fingerprint density at radius 1 is 1.50 bits per heavy atom. The Morgan fingerprint density at radius 3 is 2.89 bits per heavy atom. The Morgan fingerprint density at radius 2 is 2.28 bits per heavy atom. The number of ether oxygens (including phenoxy) is 1. The van der Waals surface area contributed by atoms with Crippen molar-refractivity contribution in [3.63, 3.8) is 0 Å². The molecule has 1 fully saturated rings. The number of carbonyl (C=O) groups is 1. The van der Waals surface area contributed by atoms with Crippen LogP contribution in [0.3, 0.4) is 0 Å². The summed E-state index contributed by atoms with van der Waals surface area (Å²) in [6.07, 6.45) is 4.18. The monoisotopic (exact) mass is 246 g/mol. The quantitative estimate of drug-likeness (QED) is 0.892. The van der Waals surface area contributed by atoms with E-state index in [9.17, 15) is 9.90 Å². The van der Waals surface area contributed by atoms with E-state index in [1.165, 1.54) is 11.1 Å². The van der Waals surface area contributed by atoms with Crippen molar-refractivity contribution in [3.8, 4) is 5.75 Å². The van der Waals surface area contributed by atoms with Gasteiger partial charge in [-0.15, -0.1) is 0 Å². The predicted octanol–water partition coefficient (Wildman–Crippen LogP) is 2.94. The zero-order valence-electron chi connectivity index (χ0n) is 10.6. The van der Waals surface area contributed by atoms with Gasteiger partial charge in [0.1, 0.15) is 11.9 Å². The average molecular weight is 246 g/mol. The third kappa shape index (κ3) is 1.78. The van der Waals surface area contributed by atoms with E-state index in [-0.39, 0.29) is 6.10 Å². The highest BCUT2D eigenvalue weighted by molar-refractivity contribution is 5.75. The molecule has 0 aromatic heterocycles. The number of benzene rings is 1. The van der Waals surface area contributed by atoms with E-state index in [0.29, 0.717) is 6.42 Å². The number of carboxylic acids is 1. The van der Waals surface area contributed by atoms with Crippen LogP contribution >= 0.6 is 0 Å². The Hall–Kier alpha value is -1.51. The molecule has 1 aromatic carbocycles.